The molecule has 0 unspecified atom stereocenters. The number of nitrogens with zero attached hydrogens (tertiary/aromatic N) is 5. The molecule has 0 N–H and O–H groups in total. The fraction of sp³-hybridized carbons (Fsp3) is 0.105. The molecule has 0 atom stereocenters. The van der Waals surface area contributed by atoms with E-state index < -0.39 is 4.92 Å². The number of aryl methyl sites for hydroxylation is 1. The first-order valence-corrected chi connectivity index (χ1v) is 8.29. The van der Waals surface area contributed by atoms with Gasteiger partial charge < -0.3 is 0 Å². The van der Waals surface area contributed by atoms with Gasteiger partial charge in [-0.2, -0.15) is 10.2 Å². The number of benzene rings is 2. The van der Waals surface area contributed by atoms with E-state index in [4.69, 9.17) is 0 Å². The van der Waals surface area contributed by atoms with Crippen LogP contribution < -0.4 is 5.56 Å². The molecule has 0 aliphatic heterocycles. The van der Waals surface area contributed by atoms with Crippen LogP contribution in [-0.4, -0.2) is 24.5 Å². The summed E-state index contributed by atoms with van der Waals surface area (Å²) in [7, 11) is 0. The number of hydrogen-bond acceptors (Lipinski definition) is 5. The van der Waals surface area contributed by atoms with Crippen LogP contribution in [0.2, 0.25) is 0 Å². The Hall–Kier alpha value is -3.81. The van der Waals surface area contributed by atoms with Crippen molar-refractivity contribution < 1.29 is 4.92 Å². The molecular formula is C19H15N5O3. The summed E-state index contributed by atoms with van der Waals surface area (Å²) in [5.41, 5.74) is 2.17. The SMILES string of the molecule is Cc1nn(Cc2cccc([N+](=O)[O-])c2)c(=O)c2c1cnn2-c1ccccc1. The highest BCUT2D eigenvalue weighted by molar-refractivity contribution is 5.81. The van der Waals surface area contributed by atoms with E-state index in [1.807, 2.05) is 37.3 Å². The Balaban J connectivity index is 1.85. The van der Waals surface area contributed by atoms with Crippen LogP contribution in [0.15, 0.2) is 65.6 Å². The van der Waals surface area contributed by atoms with E-state index in [9.17, 15) is 14.9 Å². The van der Waals surface area contributed by atoms with Crippen LogP contribution in [0.5, 0.6) is 0 Å². The Morgan fingerprint density at radius 2 is 1.89 bits per heavy atom. The minimum absolute atomic E-state index is 0.0207. The minimum Gasteiger partial charge on any atom is -0.265 e. The van der Waals surface area contributed by atoms with Gasteiger partial charge in [-0.15, -0.1) is 0 Å². The maximum atomic E-state index is 13.1. The van der Waals surface area contributed by atoms with Crippen molar-refractivity contribution in [3.05, 3.63) is 92.5 Å². The third-order valence-electron chi connectivity index (χ3n) is 4.32. The summed E-state index contributed by atoms with van der Waals surface area (Å²) in [5, 5.41) is 20.4. The number of para-hydroxylation sites is 1. The molecule has 0 aliphatic rings. The van der Waals surface area contributed by atoms with Crippen molar-refractivity contribution in [2.45, 2.75) is 13.5 Å². The Labute approximate surface area is 153 Å². The van der Waals surface area contributed by atoms with Crippen molar-refractivity contribution in [1.29, 1.82) is 0 Å². The molecule has 0 fully saturated rings. The number of rotatable bonds is 4. The highest BCUT2D eigenvalue weighted by atomic mass is 16.6. The molecule has 0 amide bonds. The predicted molar refractivity (Wildman–Crippen MR) is 100 cm³/mol. The van der Waals surface area contributed by atoms with Crippen LogP contribution >= 0.6 is 0 Å². The number of nitro benzene ring substituents is 1. The Kier molecular flexibility index (Phi) is 4.00. The summed E-state index contributed by atoms with van der Waals surface area (Å²) >= 11 is 0. The van der Waals surface area contributed by atoms with E-state index in [-0.39, 0.29) is 17.8 Å². The normalized spacial score (nSPS) is 11.0. The van der Waals surface area contributed by atoms with Gasteiger partial charge in [0.2, 0.25) is 0 Å². The Bertz CT molecular complexity index is 1210. The molecule has 0 aliphatic carbocycles. The summed E-state index contributed by atoms with van der Waals surface area (Å²) in [5.74, 6) is 0. The highest BCUT2D eigenvalue weighted by Crippen LogP contribution is 2.18. The summed E-state index contributed by atoms with van der Waals surface area (Å²) < 4.78 is 2.91. The lowest BCUT2D eigenvalue weighted by Gasteiger charge is -2.09. The van der Waals surface area contributed by atoms with Crippen molar-refractivity contribution in [2.24, 2.45) is 0 Å². The fourth-order valence-corrected chi connectivity index (χ4v) is 3.04. The molecule has 0 spiro atoms. The van der Waals surface area contributed by atoms with Gasteiger partial charge >= 0.3 is 0 Å². The van der Waals surface area contributed by atoms with Crippen LogP contribution in [0.3, 0.4) is 0 Å². The number of hydrogen-bond donors (Lipinski definition) is 0. The van der Waals surface area contributed by atoms with Crippen molar-refractivity contribution >= 4 is 16.6 Å². The second-order valence-electron chi connectivity index (χ2n) is 6.13. The predicted octanol–water partition coefficient (Wildman–Crippen LogP) is 2.85. The van der Waals surface area contributed by atoms with E-state index in [2.05, 4.69) is 10.2 Å². The van der Waals surface area contributed by atoms with Gasteiger partial charge in [-0.3, -0.25) is 14.9 Å². The van der Waals surface area contributed by atoms with Crippen molar-refractivity contribution in [2.75, 3.05) is 0 Å². The van der Waals surface area contributed by atoms with Gasteiger partial charge in [-0.05, 0) is 24.6 Å². The van der Waals surface area contributed by atoms with E-state index in [0.29, 0.717) is 22.2 Å². The number of aromatic nitrogens is 4. The number of non-ortho nitro benzene ring substituents is 1. The van der Waals surface area contributed by atoms with Gasteiger partial charge in [0.05, 0.1) is 29.0 Å². The lowest BCUT2D eigenvalue weighted by Crippen LogP contribution is -2.26. The van der Waals surface area contributed by atoms with E-state index in [0.717, 1.165) is 5.69 Å². The molecule has 2 aromatic carbocycles. The molecule has 0 bridgehead atoms. The lowest BCUT2D eigenvalue weighted by molar-refractivity contribution is -0.384. The topological polar surface area (TPSA) is 95.8 Å². The summed E-state index contributed by atoms with van der Waals surface area (Å²) in [6.07, 6.45) is 1.63. The lowest BCUT2D eigenvalue weighted by atomic mass is 10.2. The molecule has 2 heterocycles. The van der Waals surface area contributed by atoms with Crippen molar-refractivity contribution in [3.8, 4) is 5.69 Å². The van der Waals surface area contributed by atoms with E-state index >= 15 is 0 Å². The Morgan fingerprint density at radius 1 is 1.11 bits per heavy atom. The third kappa shape index (κ3) is 2.97. The molecule has 8 heteroatoms. The third-order valence-corrected chi connectivity index (χ3v) is 4.32. The van der Waals surface area contributed by atoms with Gasteiger partial charge in [-0.1, -0.05) is 30.3 Å². The largest absolute Gasteiger partial charge is 0.293 e. The molecule has 4 aromatic rings. The molecule has 2 aromatic heterocycles. The second-order valence-corrected chi connectivity index (χ2v) is 6.13. The molecule has 8 nitrogen and oxygen atoms in total. The Morgan fingerprint density at radius 3 is 2.63 bits per heavy atom. The van der Waals surface area contributed by atoms with Crippen molar-refractivity contribution in [3.63, 3.8) is 0 Å². The van der Waals surface area contributed by atoms with Gasteiger partial charge in [-0.25, -0.2) is 9.36 Å². The standard InChI is InChI=1S/C19H15N5O3/c1-13-17-11-20-23(15-7-3-2-4-8-15)18(17)19(25)22(21-13)12-14-6-5-9-16(10-14)24(26)27/h2-11H,12H2,1H3. The quantitative estimate of drug-likeness (QED) is 0.411. The van der Waals surface area contributed by atoms with Gasteiger partial charge in [0, 0.05) is 17.5 Å². The maximum Gasteiger partial charge on any atom is 0.293 e. The van der Waals surface area contributed by atoms with Crippen LogP contribution in [0.4, 0.5) is 5.69 Å². The summed E-state index contributed by atoms with van der Waals surface area (Å²) in [6.45, 7) is 1.94. The molecule has 0 saturated carbocycles. The molecule has 0 saturated heterocycles. The first-order chi connectivity index (χ1) is 13.0. The maximum absolute atomic E-state index is 13.1. The average molecular weight is 361 g/mol. The van der Waals surface area contributed by atoms with E-state index in [1.54, 1.807) is 23.0 Å². The molecule has 27 heavy (non-hydrogen) atoms. The number of fused-ring (bicyclic) bond motifs is 1. The van der Waals surface area contributed by atoms with Crippen LogP contribution in [0.1, 0.15) is 11.3 Å². The van der Waals surface area contributed by atoms with Gasteiger partial charge in [0.15, 0.2) is 0 Å². The molecular weight excluding hydrogens is 346 g/mol. The summed E-state index contributed by atoms with van der Waals surface area (Å²) in [6, 6.07) is 15.6. The minimum atomic E-state index is -0.460. The smallest absolute Gasteiger partial charge is 0.265 e. The second kappa shape index (κ2) is 6.49. The molecule has 0 radical (unpaired) electrons. The average Bonchev–Trinajstić information content (AvgIpc) is 3.13. The highest BCUT2D eigenvalue weighted by Gasteiger charge is 2.15. The fourth-order valence-electron chi connectivity index (χ4n) is 3.04. The summed E-state index contributed by atoms with van der Waals surface area (Å²) in [4.78, 5) is 23.6. The monoisotopic (exact) mass is 361 g/mol. The van der Waals surface area contributed by atoms with Crippen LogP contribution in [-0.2, 0) is 6.54 Å². The zero-order chi connectivity index (χ0) is 19.0. The number of nitro groups is 1. The first-order valence-electron chi connectivity index (χ1n) is 8.29. The van der Waals surface area contributed by atoms with Crippen LogP contribution in [0.25, 0.3) is 16.6 Å². The van der Waals surface area contributed by atoms with Gasteiger partial charge in [0.1, 0.15) is 5.52 Å². The zero-order valence-corrected chi connectivity index (χ0v) is 14.4. The van der Waals surface area contributed by atoms with E-state index in [1.165, 1.54) is 16.8 Å². The van der Waals surface area contributed by atoms with Crippen molar-refractivity contribution in [1.82, 2.24) is 19.6 Å². The van der Waals surface area contributed by atoms with Gasteiger partial charge in [0.25, 0.3) is 11.2 Å². The molecule has 4 rings (SSSR count). The van der Waals surface area contributed by atoms with Crippen LogP contribution in [0, 0.1) is 17.0 Å². The molecule has 134 valence electrons. The zero-order valence-electron chi connectivity index (χ0n) is 14.4. The first kappa shape index (κ1) is 16.6.